The van der Waals surface area contributed by atoms with Gasteiger partial charge in [-0.1, -0.05) is 17.7 Å². The van der Waals surface area contributed by atoms with E-state index >= 15 is 0 Å². The third-order valence-corrected chi connectivity index (χ3v) is 4.43. The lowest BCUT2D eigenvalue weighted by molar-refractivity contribution is -0.117. The van der Waals surface area contributed by atoms with Gasteiger partial charge in [-0.15, -0.1) is 0 Å². The number of halogens is 1. The summed E-state index contributed by atoms with van der Waals surface area (Å²) in [6, 6.07) is 8.80. The molecule has 0 aliphatic heterocycles. The van der Waals surface area contributed by atoms with Crippen molar-refractivity contribution >= 4 is 29.1 Å². The first-order chi connectivity index (χ1) is 11.5. The normalized spacial score (nSPS) is 18.8. The van der Waals surface area contributed by atoms with Crippen LogP contribution in [0.25, 0.3) is 0 Å². The Labute approximate surface area is 145 Å². The van der Waals surface area contributed by atoms with Crippen molar-refractivity contribution in [1.29, 1.82) is 0 Å². The van der Waals surface area contributed by atoms with E-state index in [1.54, 1.807) is 44.7 Å². The molecule has 24 heavy (non-hydrogen) atoms. The molecule has 2 atom stereocenters. The van der Waals surface area contributed by atoms with Crippen LogP contribution in [-0.4, -0.2) is 35.8 Å². The van der Waals surface area contributed by atoms with E-state index in [0.29, 0.717) is 16.3 Å². The van der Waals surface area contributed by atoms with Crippen molar-refractivity contribution in [3.8, 4) is 0 Å². The smallest absolute Gasteiger partial charge is 0.254 e. The molecule has 0 radical (unpaired) electrons. The van der Waals surface area contributed by atoms with Crippen molar-refractivity contribution in [1.82, 2.24) is 9.88 Å². The number of nitrogens with zero attached hydrogens (tertiary/aromatic N) is 2. The van der Waals surface area contributed by atoms with Gasteiger partial charge in [0, 0.05) is 38.1 Å². The summed E-state index contributed by atoms with van der Waals surface area (Å²) >= 11 is 6.16. The Balaban J connectivity index is 1.66. The number of benzene rings is 1. The molecule has 1 heterocycles. The van der Waals surface area contributed by atoms with Crippen molar-refractivity contribution in [2.75, 3.05) is 19.4 Å². The molecule has 1 aromatic heterocycles. The predicted octanol–water partition coefficient (Wildman–Crippen LogP) is 3.18. The van der Waals surface area contributed by atoms with Gasteiger partial charge >= 0.3 is 0 Å². The van der Waals surface area contributed by atoms with Crippen molar-refractivity contribution in [2.45, 2.75) is 12.3 Å². The molecule has 0 spiro atoms. The molecule has 6 heteroatoms. The number of rotatable bonds is 4. The lowest BCUT2D eigenvalue weighted by atomic mass is 10.1. The molecule has 1 fully saturated rings. The van der Waals surface area contributed by atoms with E-state index in [0.717, 1.165) is 12.0 Å². The van der Waals surface area contributed by atoms with Crippen LogP contribution < -0.4 is 5.32 Å². The number of amides is 2. The topological polar surface area (TPSA) is 62.3 Å². The van der Waals surface area contributed by atoms with Gasteiger partial charge in [0.05, 0.1) is 10.6 Å². The maximum Gasteiger partial charge on any atom is 0.254 e. The number of carbonyl (C=O) groups excluding carboxylic acids is 2. The van der Waals surface area contributed by atoms with Crippen LogP contribution in [0.2, 0.25) is 5.02 Å². The molecule has 2 amide bonds. The third-order valence-electron chi connectivity index (χ3n) is 4.11. The number of hydrogen-bond acceptors (Lipinski definition) is 3. The number of aromatic nitrogens is 1. The Morgan fingerprint density at radius 1 is 1.29 bits per heavy atom. The molecule has 1 aromatic carbocycles. The maximum absolute atomic E-state index is 12.3. The summed E-state index contributed by atoms with van der Waals surface area (Å²) in [6.45, 7) is 0. The van der Waals surface area contributed by atoms with E-state index in [1.807, 2.05) is 12.1 Å². The summed E-state index contributed by atoms with van der Waals surface area (Å²) in [5, 5.41) is 3.20. The van der Waals surface area contributed by atoms with E-state index in [2.05, 4.69) is 10.3 Å². The van der Waals surface area contributed by atoms with Crippen LogP contribution in [0.15, 0.2) is 42.7 Å². The first kappa shape index (κ1) is 16.5. The minimum absolute atomic E-state index is 0.0356. The fourth-order valence-corrected chi connectivity index (χ4v) is 2.95. The highest BCUT2D eigenvalue weighted by Gasteiger charge is 2.44. The van der Waals surface area contributed by atoms with Crippen LogP contribution in [0, 0.1) is 5.92 Å². The zero-order valence-corrected chi connectivity index (χ0v) is 14.2. The summed E-state index contributed by atoms with van der Waals surface area (Å²) in [5.41, 5.74) is 2.10. The SMILES string of the molecule is CN(C)C(=O)c1ccc(NC(=O)[C@H]2C[C@H]2c2cccnc2)cc1Cl. The first-order valence-electron chi connectivity index (χ1n) is 7.69. The van der Waals surface area contributed by atoms with E-state index in [1.165, 1.54) is 4.90 Å². The summed E-state index contributed by atoms with van der Waals surface area (Å²) < 4.78 is 0. The Hall–Kier alpha value is -2.40. The highest BCUT2D eigenvalue weighted by atomic mass is 35.5. The Morgan fingerprint density at radius 2 is 2.08 bits per heavy atom. The number of pyridine rings is 1. The van der Waals surface area contributed by atoms with Gasteiger partial charge in [-0.05, 0) is 42.2 Å². The van der Waals surface area contributed by atoms with Gasteiger partial charge in [-0.2, -0.15) is 0 Å². The van der Waals surface area contributed by atoms with Crippen LogP contribution in [0.1, 0.15) is 28.3 Å². The molecule has 3 rings (SSSR count). The van der Waals surface area contributed by atoms with Gasteiger partial charge < -0.3 is 10.2 Å². The molecule has 124 valence electrons. The third kappa shape index (κ3) is 3.41. The van der Waals surface area contributed by atoms with Crippen LogP contribution >= 0.6 is 11.6 Å². The van der Waals surface area contributed by atoms with Crippen molar-refractivity contribution in [3.63, 3.8) is 0 Å². The van der Waals surface area contributed by atoms with E-state index in [9.17, 15) is 9.59 Å². The van der Waals surface area contributed by atoms with Crippen LogP contribution in [-0.2, 0) is 4.79 Å². The van der Waals surface area contributed by atoms with E-state index < -0.39 is 0 Å². The largest absolute Gasteiger partial charge is 0.345 e. The molecule has 0 saturated heterocycles. The van der Waals surface area contributed by atoms with Gasteiger partial charge in [0.25, 0.3) is 5.91 Å². The highest BCUT2D eigenvalue weighted by Crippen LogP contribution is 2.47. The molecule has 1 aliphatic rings. The van der Waals surface area contributed by atoms with Crippen LogP contribution in [0.3, 0.4) is 0 Å². The average molecular weight is 344 g/mol. The molecule has 1 aliphatic carbocycles. The minimum atomic E-state index is -0.170. The standard InChI is InChI=1S/C18H18ClN3O2/c1-22(2)18(24)13-6-5-12(8-16(13)19)21-17(23)15-9-14(15)11-4-3-7-20-10-11/h3-8,10,14-15H,9H2,1-2H3,(H,21,23)/t14-,15-/m0/s1. The molecular weight excluding hydrogens is 326 g/mol. The van der Waals surface area contributed by atoms with E-state index in [4.69, 9.17) is 11.6 Å². The Kier molecular flexibility index (Phi) is 4.53. The Morgan fingerprint density at radius 3 is 2.71 bits per heavy atom. The van der Waals surface area contributed by atoms with Gasteiger partial charge in [-0.3, -0.25) is 14.6 Å². The van der Waals surface area contributed by atoms with Crippen molar-refractivity contribution in [2.24, 2.45) is 5.92 Å². The quantitative estimate of drug-likeness (QED) is 0.927. The fourth-order valence-electron chi connectivity index (χ4n) is 2.69. The average Bonchev–Trinajstić information content (AvgIpc) is 3.36. The molecule has 2 aromatic rings. The number of hydrogen-bond donors (Lipinski definition) is 1. The Bertz CT molecular complexity index is 777. The van der Waals surface area contributed by atoms with Gasteiger partial charge in [0.1, 0.15) is 0 Å². The maximum atomic E-state index is 12.3. The van der Waals surface area contributed by atoms with Gasteiger partial charge in [-0.25, -0.2) is 0 Å². The second-order valence-corrected chi connectivity index (χ2v) is 6.53. The van der Waals surface area contributed by atoms with Crippen molar-refractivity contribution in [3.05, 3.63) is 58.9 Å². The van der Waals surface area contributed by atoms with E-state index in [-0.39, 0.29) is 23.7 Å². The second-order valence-electron chi connectivity index (χ2n) is 6.12. The number of anilines is 1. The molecular formula is C18H18ClN3O2. The number of nitrogens with one attached hydrogen (secondary N) is 1. The zero-order chi connectivity index (χ0) is 17.3. The summed E-state index contributed by atoms with van der Waals surface area (Å²) in [6.07, 6.45) is 4.35. The highest BCUT2D eigenvalue weighted by molar-refractivity contribution is 6.34. The second kappa shape index (κ2) is 6.61. The summed E-state index contributed by atoms with van der Waals surface area (Å²) in [4.78, 5) is 29.9. The summed E-state index contributed by atoms with van der Waals surface area (Å²) in [7, 11) is 3.33. The van der Waals surface area contributed by atoms with Crippen LogP contribution in [0.4, 0.5) is 5.69 Å². The lowest BCUT2D eigenvalue weighted by Gasteiger charge is -2.12. The molecule has 0 bridgehead atoms. The first-order valence-corrected chi connectivity index (χ1v) is 8.07. The lowest BCUT2D eigenvalue weighted by Crippen LogP contribution is -2.22. The molecule has 5 nitrogen and oxygen atoms in total. The van der Waals surface area contributed by atoms with Crippen LogP contribution in [0.5, 0.6) is 0 Å². The van der Waals surface area contributed by atoms with Gasteiger partial charge in [0.2, 0.25) is 5.91 Å². The monoisotopic (exact) mass is 343 g/mol. The zero-order valence-electron chi connectivity index (χ0n) is 13.5. The summed E-state index contributed by atoms with van der Waals surface area (Å²) in [5.74, 6) is -0.0249. The molecule has 1 saturated carbocycles. The minimum Gasteiger partial charge on any atom is -0.345 e. The molecule has 1 N–H and O–H groups in total. The van der Waals surface area contributed by atoms with Gasteiger partial charge in [0.15, 0.2) is 0 Å². The predicted molar refractivity (Wildman–Crippen MR) is 93.2 cm³/mol. The fraction of sp³-hybridized carbons (Fsp3) is 0.278. The number of carbonyl (C=O) groups is 2. The van der Waals surface area contributed by atoms with Crippen molar-refractivity contribution < 1.29 is 9.59 Å². The molecule has 0 unspecified atom stereocenters.